The monoisotopic (exact) mass is 353 g/mol. The molecule has 0 saturated heterocycles. The minimum atomic E-state index is -0.328. The number of anilines is 1. The number of halogens is 2. The van der Waals surface area contributed by atoms with Crippen LogP contribution in [-0.4, -0.2) is 31.0 Å². The highest BCUT2D eigenvalue weighted by Crippen LogP contribution is 2.24. The third-order valence-corrected chi connectivity index (χ3v) is 4.13. The van der Waals surface area contributed by atoms with Gasteiger partial charge in [-0.2, -0.15) is 0 Å². The molecule has 2 aromatic rings. The lowest BCUT2D eigenvalue weighted by atomic mass is 10.2. The molecule has 1 N–H and O–H groups in total. The fourth-order valence-electron chi connectivity index (χ4n) is 1.59. The molecule has 0 fully saturated rings. The maximum Gasteiger partial charge on any atom is 0.296 e. The van der Waals surface area contributed by atoms with Crippen LogP contribution in [0.25, 0.3) is 0 Å². The van der Waals surface area contributed by atoms with E-state index >= 15 is 0 Å². The number of nitrogens with one attached hydrogen (secondary N) is 1. The molecule has 7 heteroatoms. The van der Waals surface area contributed by atoms with Crippen molar-refractivity contribution in [1.82, 2.24) is 10.3 Å². The van der Waals surface area contributed by atoms with Crippen LogP contribution in [0.15, 0.2) is 30.5 Å². The van der Waals surface area contributed by atoms with Crippen molar-refractivity contribution in [3.63, 3.8) is 0 Å². The number of amides is 1. The Balaban J connectivity index is 1.79. The van der Waals surface area contributed by atoms with E-state index in [1.54, 1.807) is 30.5 Å². The second kappa shape index (κ2) is 8.04. The molecule has 1 aromatic carbocycles. The minimum absolute atomic E-state index is 0.328. The van der Waals surface area contributed by atoms with Crippen molar-refractivity contribution in [2.24, 2.45) is 0 Å². The van der Waals surface area contributed by atoms with Crippen LogP contribution in [-0.2, 0) is 4.79 Å². The number of hydrogen-bond donors (Lipinski definition) is 1. The van der Waals surface area contributed by atoms with Gasteiger partial charge < -0.3 is 10.2 Å². The first-order valence-corrected chi connectivity index (χ1v) is 8.00. The van der Waals surface area contributed by atoms with Gasteiger partial charge in [0.25, 0.3) is 5.91 Å². The average molecular weight is 354 g/mol. The standard InChI is InChI=1S/C15H13Cl2N3OS/c1-20(15-19-10-13(17)22-15)8-7-18-14(21)6-5-11-3-2-4-12(16)9-11/h2-4,9-10H,7-8H2,1H3,(H,18,21). The fourth-order valence-corrected chi connectivity index (χ4v) is 2.67. The van der Waals surface area contributed by atoms with E-state index in [-0.39, 0.29) is 5.91 Å². The van der Waals surface area contributed by atoms with Crippen LogP contribution in [0.5, 0.6) is 0 Å². The molecule has 1 amide bonds. The van der Waals surface area contributed by atoms with Gasteiger partial charge in [0.2, 0.25) is 0 Å². The van der Waals surface area contributed by atoms with Gasteiger partial charge in [0.15, 0.2) is 5.13 Å². The van der Waals surface area contributed by atoms with Crippen molar-refractivity contribution >= 4 is 45.6 Å². The Morgan fingerprint density at radius 2 is 2.27 bits per heavy atom. The molecular weight excluding hydrogens is 341 g/mol. The Bertz CT molecular complexity index is 721. The van der Waals surface area contributed by atoms with E-state index in [2.05, 4.69) is 22.1 Å². The number of carbonyl (C=O) groups excluding carboxylic acids is 1. The third kappa shape index (κ3) is 5.23. The Kier molecular flexibility index (Phi) is 6.08. The summed E-state index contributed by atoms with van der Waals surface area (Å²) in [6.07, 6.45) is 1.60. The predicted octanol–water partition coefficient (Wildman–Crippen LogP) is 3.05. The first-order valence-electron chi connectivity index (χ1n) is 6.42. The summed E-state index contributed by atoms with van der Waals surface area (Å²) in [7, 11) is 1.89. The van der Waals surface area contributed by atoms with Gasteiger partial charge in [-0.1, -0.05) is 46.5 Å². The van der Waals surface area contributed by atoms with E-state index in [0.717, 1.165) is 5.13 Å². The normalized spacial score (nSPS) is 9.77. The molecular formula is C15H13Cl2N3OS. The first-order chi connectivity index (χ1) is 10.5. The number of hydrogen-bond acceptors (Lipinski definition) is 4. The number of carbonyl (C=O) groups is 1. The van der Waals surface area contributed by atoms with Crippen LogP contribution in [0.4, 0.5) is 5.13 Å². The van der Waals surface area contributed by atoms with E-state index in [1.807, 2.05) is 11.9 Å². The van der Waals surface area contributed by atoms with E-state index in [1.165, 1.54) is 11.3 Å². The summed E-state index contributed by atoms with van der Waals surface area (Å²) >= 11 is 13.1. The van der Waals surface area contributed by atoms with Crippen molar-refractivity contribution < 1.29 is 4.79 Å². The zero-order chi connectivity index (χ0) is 15.9. The zero-order valence-corrected chi connectivity index (χ0v) is 14.1. The molecule has 2 rings (SSSR count). The highest BCUT2D eigenvalue weighted by Gasteiger charge is 2.05. The Labute approximate surface area is 143 Å². The molecule has 0 atom stereocenters. The predicted molar refractivity (Wildman–Crippen MR) is 91.7 cm³/mol. The Hall–Kier alpha value is -1.74. The Morgan fingerprint density at radius 3 is 2.95 bits per heavy atom. The summed E-state index contributed by atoms with van der Waals surface area (Å²) in [4.78, 5) is 17.7. The first kappa shape index (κ1) is 16.6. The van der Waals surface area contributed by atoms with Gasteiger partial charge in [-0.3, -0.25) is 4.79 Å². The molecule has 0 radical (unpaired) electrons. The zero-order valence-electron chi connectivity index (χ0n) is 11.8. The van der Waals surface area contributed by atoms with Crippen LogP contribution < -0.4 is 10.2 Å². The SMILES string of the molecule is CN(CCNC(=O)C#Cc1cccc(Cl)c1)c1ncc(Cl)s1. The van der Waals surface area contributed by atoms with Crippen LogP contribution >= 0.6 is 34.5 Å². The molecule has 0 aliphatic rings. The number of likely N-dealkylation sites (N-methyl/N-ethyl adjacent to an activating group) is 1. The number of thiazole rings is 1. The molecule has 114 valence electrons. The quantitative estimate of drug-likeness (QED) is 0.859. The second-order valence-electron chi connectivity index (χ2n) is 4.38. The van der Waals surface area contributed by atoms with Crippen LogP contribution in [0, 0.1) is 11.8 Å². The summed E-state index contributed by atoms with van der Waals surface area (Å²) in [5, 5.41) is 4.13. The lowest BCUT2D eigenvalue weighted by molar-refractivity contribution is -0.115. The van der Waals surface area contributed by atoms with Gasteiger partial charge >= 0.3 is 0 Å². The van der Waals surface area contributed by atoms with Gasteiger partial charge in [0.1, 0.15) is 4.34 Å². The van der Waals surface area contributed by atoms with E-state index in [9.17, 15) is 4.79 Å². The van der Waals surface area contributed by atoms with Gasteiger partial charge in [-0.05, 0) is 18.2 Å². The lowest BCUT2D eigenvalue weighted by Gasteiger charge is -2.14. The molecule has 0 saturated carbocycles. The van der Waals surface area contributed by atoms with E-state index in [4.69, 9.17) is 23.2 Å². The number of aromatic nitrogens is 1. The summed E-state index contributed by atoms with van der Waals surface area (Å²) < 4.78 is 0.637. The highest BCUT2D eigenvalue weighted by atomic mass is 35.5. The maximum atomic E-state index is 11.7. The third-order valence-electron chi connectivity index (χ3n) is 2.67. The lowest BCUT2D eigenvalue weighted by Crippen LogP contribution is -2.32. The van der Waals surface area contributed by atoms with Crippen LogP contribution in [0.3, 0.4) is 0 Å². The molecule has 0 spiro atoms. The molecule has 4 nitrogen and oxygen atoms in total. The van der Waals surface area contributed by atoms with Gasteiger partial charge in [0, 0.05) is 36.6 Å². The molecule has 22 heavy (non-hydrogen) atoms. The summed E-state index contributed by atoms with van der Waals surface area (Å²) in [5.41, 5.74) is 0.706. The largest absolute Gasteiger partial charge is 0.349 e. The molecule has 0 aliphatic carbocycles. The van der Waals surface area contributed by atoms with Gasteiger partial charge in [-0.15, -0.1) is 0 Å². The number of rotatable bonds is 4. The molecule has 0 unspecified atom stereocenters. The van der Waals surface area contributed by atoms with Crippen molar-refractivity contribution in [3.05, 3.63) is 45.4 Å². The smallest absolute Gasteiger partial charge is 0.296 e. The molecule has 0 bridgehead atoms. The molecule has 1 aromatic heterocycles. The van der Waals surface area contributed by atoms with E-state index < -0.39 is 0 Å². The van der Waals surface area contributed by atoms with Crippen LogP contribution in [0.2, 0.25) is 9.36 Å². The maximum absolute atomic E-state index is 11.7. The number of benzene rings is 1. The summed E-state index contributed by atoms with van der Waals surface area (Å²) in [6, 6.07) is 7.06. The van der Waals surface area contributed by atoms with Crippen molar-refractivity contribution in [2.75, 3.05) is 25.0 Å². The summed E-state index contributed by atoms with van der Waals surface area (Å²) in [6.45, 7) is 1.09. The van der Waals surface area contributed by atoms with Crippen molar-refractivity contribution in [2.45, 2.75) is 0 Å². The van der Waals surface area contributed by atoms with Gasteiger partial charge in [-0.25, -0.2) is 4.98 Å². The topological polar surface area (TPSA) is 45.2 Å². The fraction of sp³-hybridized carbons (Fsp3) is 0.200. The summed E-state index contributed by atoms with van der Waals surface area (Å²) in [5.74, 6) is 4.97. The van der Waals surface area contributed by atoms with Crippen molar-refractivity contribution in [1.29, 1.82) is 0 Å². The second-order valence-corrected chi connectivity index (χ2v) is 6.46. The molecule has 1 heterocycles. The molecule has 0 aliphatic heterocycles. The van der Waals surface area contributed by atoms with E-state index in [0.29, 0.717) is 28.0 Å². The number of nitrogens with zero attached hydrogens (tertiary/aromatic N) is 2. The van der Waals surface area contributed by atoms with Gasteiger partial charge in [0.05, 0.1) is 6.20 Å². The Morgan fingerprint density at radius 1 is 1.45 bits per heavy atom. The highest BCUT2D eigenvalue weighted by molar-refractivity contribution is 7.19. The van der Waals surface area contributed by atoms with Crippen LogP contribution in [0.1, 0.15) is 5.56 Å². The van der Waals surface area contributed by atoms with Crippen molar-refractivity contribution in [3.8, 4) is 11.8 Å². The minimum Gasteiger partial charge on any atom is -0.349 e. The average Bonchev–Trinajstić information content (AvgIpc) is 2.92.